The zero-order valence-corrected chi connectivity index (χ0v) is 11.7. The number of quaternary nitrogens is 1. The highest BCUT2D eigenvalue weighted by Crippen LogP contribution is 2.25. The number of halogens is 1. The third kappa shape index (κ3) is 3.43. The molecule has 5 heteroatoms. The van der Waals surface area contributed by atoms with E-state index in [4.69, 9.17) is 0 Å². The van der Waals surface area contributed by atoms with E-state index in [9.17, 15) is 15.3 Å². The summed E-state index contributed by atoms with van der Waals surface area (Å²) in [7, 11) is 0. The summed E-state index contributed by atoms with van der Waals surface area (Å²) in [6.45, 7) is 5.14. The minimum Gasteiger partial charge on any atom is -1.00 e. The van der Waals surface area contributed by atoms with Crippen molar-refractivity contribution in [2.45, 2.75) is 46.0 Å². The van der Waals surface area contributed by atoms with Gasteiger partial charge in [-0.1, -0.05) is 30.3 Å². The molecule has 18 heavy (non-hydrogen) atoms. The monoisotopic (exact) mass is 275 g/mol. The first-order valence-electron chi connectivity index (χ1n) is 5.86. The molecule has 3 N–H and O–H groups in total. The molecule has 1 aromatic carbocycles. The summed E-state index contributed by atoms with van der Waals surface area (Å²) in [6.07, 6.45) is -2.55. The fourth-order valence-electron chi connectivity index (χ4n) is 2.23. The highest BCUT2D eigenvalue weighted by molar-refractivity contribution is 5.13. The van der Waals surface area contributed by atoms with Crippen LogP contribution in [-0.4, -0.2) is 38.5 Å². The summed E-state index contributed by atoms with van der Waals surface area (Å²) in [5.41, 5.74) is 0.968. The molecular formula is C13H22ClNO3. The largest absolute Gasteiger partial charge is 1.00 e. The average molecular weight is 276 g/mol. The van der Waals surface area contributed by atoms with Crippen molar-refractivity contribution in [3.63, 3.8) is 0 Å². The Morgan fingerprint density at radius 3 is 1.61 bits per heavy atom. The Balaban J connectivity index is 0.00000289. The van der Waals surface area contributed by atoms with E-state index in [1.807, 2.05) is 30.3 Å². The van der Waals surface area contributed by atoms with Gasteiger partial charge in [-0.25, -0.2) is 4.48 Å². The van der Waals surface area contributed by atoms with Crippen molar-refractivity contribution in [3.8, 4) is 0 Å². The van der Waals surface area contributed by atoms with Gasteiger partial charge in [-0.15, -0.1) is 0 Å². The highest BCUT2D eigenvalue weighted by atomic mass is 35.5. The van der Waals surface area contributed by atoms with Gasteiger partial charge in [0.2, 0.25) is 0 Å². The lowest BCUT2D eigenvalue weighted by atomic mass is 10.1. The van der Waals surface area contributed by atoms with Gasteiger partial charge in [-0.2, -0.15) is 0 Å². The standard InChI is InChI=1S/C13H22NO3.ClH/c1-10(15)14(11(2)16,12(3)17)9-13-7-5-4-6-8-13;/h4-8,10-12,15-17H,9H2,1-3H3;1H/q+1;/p-1. The second-order valence-electron chi connectivity index (χ2n) is 4.53. The molecule has 0 fully saturated rings. The Kier molecular flexibility index (Phi) is 6.81. The van der Waals surface area contributed by atoms with Crippen molar-refractivity contribution < 1.29 is 32.2 Å². The summed E-state index contributed by atoms with van der Waals surface area (Å²) >= 11 is 0. The number of aliphatic hydroxyl groups is 3. The van der Waals surface area contributed by atoms with E-state index in [0.29, 0.717) is 6.54 Å². The molecule has 0 bridgehead atoms. The second-order valence-corrected chi connectivity index (χ2v) is 4.53. The number of hydrogen-bond donors (Lipinski definition) is 3. The number of benzene rings is 1. The number of hydrogen-bond acceptors (Lipinski definition) is 3. The molecule has 0 aliphatic heterocycles. The second kappa shape index (κ2) is 7.07. The van der Waals surface area contributed by atoms with Crippen LogP contribution < -0.4 is 12.4 Å². The average Bonchev–Trinajstić information content (AvgIpc) is 2.25. The molecule has 1 rings (SSSR count). The Hall–Kier alpha value is -0.650. The summed E-state index contributed by atoms with van der Waals surface area (Å²) in [5.74, 6) is 0. The van der Waals surface area contributed by atoms with E-state index in [1.54, 1.807) is 20.8 Å². The molecule has 1 aromatic rings. The van der Waals surface area contributed by atoms with E-state index in [1.165, 1.54) is 0 Å². The number of rotatable bonds is 5. The van der Waals surface area contributed by atoms with E-state index in [0.717, 1.165) is 5.56 Å². The fourth-order valence-corrected chi connectivity index (χ4v) is 2.23. The fraction of sp³-hybridized carbons (Fsp3) is 0.538. The van der Waals surface area contributed by atoms with Gasteiger partial charge in [0.15, 0.2) is 18.7 Å². The van der Waals surface area contributed by atoms with Gasteiger partial charge in [0.25, 0.3) is 0 Å². The van der Waals surface area contributed by atoms with E-state index < -0.39 is 18.7 Å². The first-order valence-corrected chi connectivity index (χ1v) is 5.86. The van der Waals surface area contributed by atoms with E-state index in [2.05, 4.69) is 0 Å². The first-order chi connectivity index (χ1) is 7.91. The normalized spacial score (nSPS) is 19.2. The van der Waals surface area contributed by atoms with Gasteiger partial charge in [-0.3, -0.25) is 0 Å². The maximum absolute atomic E-state index is 9.92. The van der Waals surface area contributed by atoms with Crippen LogP contribution in [0, 0.1) is 0 Å². The number of aliphatic hydroxyl groups excluding tert-OH is 3. The molecular weight excluding hydrogens is 254 g/mol. The van der Waals surface area contributed by atoms with Crippen LogP contribution >= 0.6 is 0 Å². The van der Waals surface area contributed by atoms with Crippen molar-refractivity contribution in [2.24, 2.45) is 0 Å². The molecule has 0 aliphatic rings. The quantitative estimate of drug-likeness (QED) is 0.431. The van der Waals surface area contributed by atoms with Crippen molar-refractivity contribution in [2.75, 3.05) is 0 Å². The SMILES string of the molecule is CC(O)[N+](Cc1ccccc1)(C(C)O)C(C)O.[Cl-]. The van der Waals surface area contributed by atoms with E-state index in [-0.39, 0.29) is 16.9 Å². The third-order valence-electron chi connectivity index (χ3n) is 3.39. The zero-order valence-electron chi connectivity index (χ0n) is 11.0. The van der Waals surface area contributed by atoms with Crippen LogP contribution in [0.25, 0.3) is 0 Å². The molecule has 4 nitrogen and oxygen atoms in total. The maximum Gasteiger partial charge on any atom is 0.191 e. The Labute approximate surface area is 114 Å². The van der Waals surface area contributed by atoms with Crippen molar-refractivity contribution in [1.82, 2.24) is 0 Å². The van der Waals surface area contributed by atoms with Crippen molar-refractivity contribution >= 4 is 0 Å². The molecule has 0 amide bonds. The minimum atomic E-state index is -0.852. The Morgan fingerprint density at radius 2 is 1.28 bits per heavy atom. The Morgan fingerprint density at radius 1 is 0.889 bits per heavy atom. The summed E-state index contributed by atoms with van der Waals surface area (Å²) in [4.78, 5) is 0. The lowest BCUT2D eigenvalue weighted by molar-refractivity contribution is -1.05. The van der Waals surface area contributed by atoms with Gasteiger partial charge in [0.05, 0.1) is 0 Å². The summed E-state index contributed by atoms with van der Waals surface area (Å²) in [5, 5.41) is 29.8. The molecule has 0 spiro atoms. The van der Waals surface area contributed by atoms with E-state index >= 15 is 0 Å². The van der Waals surface area contributed by atoms with Crippen LogP contribution in [0.5, 0.6) is 0 Å². The van der Waals surface area contributed by atoms with Crippen LogP contribution in [0.2, 0.25) is 0 Å². The van der Waals surface area contributed by atoms with Gasteiger partial charge in [0, 0.05) is 26.3 Å². The van der Waals surface area contributed by atoms with Gasteiger partial charge in [0.1, 0.15) is 6.54 Å². The zero-order chi connectivity index (χ0) is 13.1. The molecule has 0 aromatic heterocycles. The predicted molar refractivity (Wildman–Crippen MR) is 65.4 cm³/mol. The van der Waals surface area contributed by atoms with Gasteiger partial charge < -0.3 is 27.7 Å². The topological polar surface area (TPSA) is 60.7 Å². The predicted octanol–water partition coefficient (Wildman–Crippen LogP) is -1.98. The van der Waals surface area contributed by atoms with Gasteiger partial charge in [-0.05, 0) is 0 Å². The molecule has 0 heterocycles. The van der Waals surface area contributed by atoms with Crippen molar-refractivity contribution in [1.29, 1.82) is 0 Å². The minimum absolute atomic E-state index is 0. The Bertz CT molecular complexity index is 320. The maximum atomic E-state index is 9.92. The molecule has 3 atom stereocenters. The first kappa shape index (κ1) is 17.4. The van der Waals surface area contributed by atoms with Crippen LogP contribution in [-0.2, 0) is 6.54 Å². The van der Waals surface area contributed by atoms with Crippen LogP contribution in [0.4, 0.5) is 0 Å². The van der Waals surface area contributed by atoms with Crippen LogP contribution in [0.3, 0.4) is 0 Å². The smallest absolute Gasteiger partial charge is 0.191 e. The summed E-state index contributed by atoms with van der Waals surface area (Å²) < 4.78 is -0.177. The third-order valence-corrected chi connectivity index (χ3v) is 3.39. The highest BCUT2D eigenvalue weighted by Gasteiger charge is 2.42. The van der Waals surface area contributed by atoms with Crippen molar-refractivity contribution in [3.05, 3.63) is 35.9 Å². The number of nitrogens with zero attached hydrogens (tertiary/aromatic N) is 1. The summed E-state index contributed by atoms with van der Waals surface area (Å²) in [6, 6.07) is 9.54. The van der Waals surface area contributed by atoms with Crippen LogP contribution in [0.15, 0.2) is 30.3 Å². The lowest BCUT2D eigenvalue weighted by Crippen LogP contribution is -3.00. The molecule has 104 valence electrons. The molecule has 0 radical (unpaired) electrons. The molecule has 3 unspecified atom stereocenters. The molecule has 0 saturated carbocycles. The molecule has 0 saturated heterocycles. The van der Waals surface area contributed by atoms with Gasteiger partial charge >= 0.3 is 0 Å². The lowest BCUT2D eigenvalue weighted by Gasteiger charge is -2.45. The van der Waals surface area contributed by atoms with Crippen LogP contribution in [0.1, 0.15) is 26.3 Å². The molecule has 0 aliphatic carbocycles.